The molecule has 2 fully saturated rings. The number of likely N-dealkylation sites (N-methyl/N-ethyl adjacent to an activating group) is 2. The Hall–Kier alpha value is -2.45. The van der Waals surface area contributed by atoms with Crippen LogP contribution in [0.4, 0.5) is 4.79 Å². The number of piperazine rings is 1. The van der Waals surface area contributed by atoms with E-state index in [4.69, 9.17) is 16.6 Å². The summed E-state index contributed by atoms with van der Waals surface area (Å²) in [5.74, 6) is 0.928. The molecule has 3 aliphatic rings. The summed E-state index contributed by atoms with van der Waals surface area (Å²) in [4.78, 5) is 34.6. The van der Waals surface area contributed by atoms with E-state index in [0.29, 0.717) is 17.4 Å². The molecule has 8 nitrogen and oxygen atoms in total. The van der Waals surface area contributed by atoms with Gasteiger partial charge in [-0.05, 0) is 6.07 Å². The number of carbonyl (C=O) groups excluding carboxylic acids is 2. The van der Waals surface area contributed by atoms with Gasteiger partial charge in [-0.15, -0.1) is 0 Å². The van der Waals surface area contributed by atoms with Crippen molar-refractivity contribution in [1.82, 2.24) is 20.0 Å². The number of rotatable bonds is 2. The highest BCUT2D eigenvalue weighted by atomic mass is 35.5. The molecule has 1 atom stereocenters. The molecule has 3 aliphatic heterocycles. The molecule has 2 saturated heterocycles. The van der Waals surface area contributed by atoms with Crippen LogP contribution in [0.2, 0.25) is 5.02 Å². The Balaban J connectivity index is 1.79. The highest BCUT2D eigenvalue weighted by Gasteiger charge is 2.55. The minimum Gasteiger partial charge on any atom is -0.310 e. The molecule has 1 aromatic carbocycles. The molecular weight excluding hydrogens is 368 g/mol. The van der Waals surface area contributed by atoms with Crippen molar-refractivity contribution in [2.45, 2.75) is 12.6 Å². The van der Waals surface area contributed by atoms with Gasteiger partial charge in [-0.1, -0.05) is 34.8 Å². The van der Waals surface area contributed by atoms with Crippen molar-refractivity contribution in [2.24, 2.45) is 4.99 Å². The second-order valence-corrected chi connectivity index (χ2v) is 7.27. The number of amidine groups is 1. The average Bonchev–Trinajstić information content (AvgIpc) is 3.06. The van der Waals surface area contributed by atoms with Crippen LogP contribution in [0.15, 0.2) is 29.3 Å². The van der Waals surface area contributed by atoms with Crippen molar-refractivity contribution in [3.8, 4) is 0 Å². The molecule has 0 aliphatic carbocycles. The molecule has 0 spiro atoms. The molecule has 1 N–H and O–H groups in total. The minimum absolute atomic E-state index is 0.269. The number of nitrogens with zero attached hydrogens (tertiary/aromatic N) is 5. The van der Waals surface area contributed by atoms with E-state index >= 15 is 0 Å². The lowest BCUT2D eigenvalue weighted by molar-refractivity contribution is -0.537. The molecule has 0 aromatic heterocycles. The number of fused-ring (bicyclic) bond motifs is 1. The lowest BCUT2D eigenvalue weighted by Gasteiger charge is -2.33. The summed E-state index contributed by atoms with van der Waals surface area (Å²) < 4.78 is 2.16. The number of guanidine groups is 1. The van der Waals surface area contributed by atoms with Crippen LogP contribution in [0.25, 0.3) is 0 Å². The predicted molar refractivity (Wildman–Crippen MR) is 102 cm³/mol. The average molecular weight is 390 g/mol. The normalized spacial score (nSPS) is 23.1. The van der Waals surface area contributed by atoms with Crippen LogP contribution in [-0.4, -0.2) is 89.3 Å². The monoisotopic (exact) mass is 389 g/mol. The van der Waals surface area contributed by atoms with E-state index in [2.05, 4.69) is 9.89 Å². The summed E-state index contributed by atoms with van der Waals surface area (Å²) in [6.07, 6.45) is 0. The van der Waals surface area contributed by atoms with E-state index in [1.165, 1.54) is 11.9 Å². The first kappa shape index (κ1) is 17.9. The lowest BCUT2D eigenvalue weighted by atomic mass is 10.1. The number of imide groups is 1. The molecule has 9 heteroatoms. The Kier molecular flexibility index (Phi) is 4.61. The number of urea groups is 1. The summed E-state index contributed by atoms with van der Waals surface area (Å²) in [5.41, 5.74) is 0.915. The third kappa shape index (κ3) is 2.98. The summed E-state index contributed by atoms with van der Waals surface area (Å²) in [6, 6.07) is 6.59. The molecular formula is C18H22ClN6O2+. The van der Waals surface area contributed by atoms with E-state index in [0.717, 1.165) is 42.6 Å². The fraction of sp³-hybridized carbons (Fsp3) is 0.444. The Morgan fingerprint density at radius 2 is 1.89 bits per heavy atom. The number of hydrogen-bond donors (Lipinski definition) is 1. The maximum absolute atomic E-state index is 13.0. The molecule has 142 valence electrons. The molecule has 1 unspecified atom stereocenters. The second-order valence-electron chi connectivity index (χ2n) is 6.87. The fourth-order valence-electron chi connectivity index (χ4n) is 3.67. The van der Waals surface area contributed by atoms with Crippen LogP contribution < -0.4 is 5.32 Å². The Morgan fingerprint density at radius 1 is 1.19 bits per heavy atom. The molecule has 4 rings (SSSR count). The molecule has 3 amide bonds. The third-order valence-electron chi connectivity index (χ3n) is 5.21. The largest absolute Gasteiger partial charge is 0.392 e. The molecule has 3 heterocycles. The van der Waals surface area contributed by atoms with Gasteiger partial charge in [0.15, 0.2) is 0 Å². The number of amides is 3. The highest BCUT2D eigenvalue weighted by molar-refractivity contribution is 6.31. The topological polar surface area (TPSA) is 71.3 Å². The van der Waals surface area contributed by atoms with Crippen molar-refractivity contribution < 1.29 is 14.2 Å². The zero-order valence-electron chi connectivity index (χ0n) is 15.4. The maximum atomic E-state index is 13.0. The first-order chi connectivity index (χ1) is 13.0. The number of nitrogens with one attached hydrogen (secondary N) is 1. The van der Waals surface area contributed by atoms with Gasteiger partial charge in [-0.2, -0.15) is 0 Å². The number of benzene rings is 1. The van der Waals surface area contributed by atoms with Crippen molar-refractivity contribution in [3.05, 3.63) is 34.9 Å². The second kappa shape index (κ2) is 6.94. The van der Waals surface area contributed by atoms with Gasteiger partial charge in [0, 0.05) is 37.8 Å². The zero-order valence-corrected chi connectivity index (χ0v) is 16.1. The van der Waals surface area contributed by atoms with E-state index in [1.807, 2.05) is 29.2 Å². The van der Waals surface area contributed by atoms with Crippen LogP contribution in [0.5, 0.6) is 0 Å². The van der Waals surface area contributed by atoms with Crippen molar-refractivity contribution >= 4 is 35.3 Å². The van der Waals surface area contributed by atoms with Gasteiger partial charge < -0.3 is 5.32 Å². The van der Waals surface area contributed by atoms with Crippen molar-refractivity contribution in [1.29, 1.82) is 0 Å². The van der Waals surface area contributed by atoms with Crippen molar-refractivity contribution in [3.63, 3.8) is 0 Å². The first-order valence-electron chi connectivity index (χ1n) is 8.95. The third-order valence-corrected chi connectivity index (χ3v) is 5.58. The lowest BCUT2D eigenvalue weighted by Crippen LogP contribution is -2.62. The van der Waals surface area contributed by atoms with E-state index in [1.54, 1.807) is 7.05 Å². The van der Waals surface area contributed by atoms with Gasteiger partial charge in [-0.25, -0.2) is 9.69 Å². The van der Waals surface area contributed by atoms with Gasteiger partial charge in [0.1, 0.15) is 0 Å². The minimum atomic E-state index is -0.626. The van der Waals surface area contributed by atoms with E-state index in [9.17, 15) is 9.59 Å². The van der Waals surface area contributed by atoms with Crippen molar-refractivity contribution in [2.75, 3.05) is 40.3 Å². The molecule has 27 heavy (non-hydrogen) atoms. The van der Waals surface area contributed by atoms with E-state index in [-0.39, 0.29) is 11.9 Å². The predicted octanol–water partition coefficient (Wildman–Crippen LogP) is 0.418. The zero-order chi connectivity index (χ0) is 19.1. The molecule has 1 aromatic rings. The van der Waals surface area contributed by atoms with Crippen LogP contribution >= 0.6 is 11.6 Å². The SMILES string of the molecule is CN1C(=O)C2C(=NC(=[N+]3CCNCC3)N2Cc2ccccc2Cl)N(C)C1=O. The smallest absolute Gasteiger partial charge is 0.310 e. The molecule has 0 radical (unpaired) electrons. The van der Waals surface area contributed by atoms with Gasteiger partial charge >= 0.3 is 12.0 Å². The summed E-state index contributed by atoms with van der Waals surface area (Å²) in [5, 5.41) is 3.97. The Labute approximate surface area is 162 Å². The number of carbonyl (C=O) groups is 2. The number of halogens is 1. The molecule has 0 saturated carbocycles. The van der Waals surface area contributed by atoms with Crippen LogP contribution in [0, 0.1) is 0 Å². The van der Waals surface area contributed by atoms with E-state index < -0.39 is 6.04 Å². The number of aliphatic imine (C=N–C) groups is 1. The summed E-state index contributed by atoms with van der Waals surface area (Å²) in [6.45, 7) is 3.72. The standard InChI is InChI=1S/C18H22ClN6O2/c1-22-15-14(16(26)23(2)18(22)27)25(11-12-5-3-4-6-13(12)19)17(21-15)24-9-7-20-8-10-24/h3-6,14,20H,7-11H2,1-2H3/q+1. The van der Waals surface area contributed by atoms with Gasteiger partial charge in [-0.3, -0.25) is 19.2 Å². The van der Waals surface area contributed by atoms with Gasteiger partial charge in [0.05, 0.1) is 19.6 Å². The maximum Gasteiger partial charge on any atom is 0.392 e. The first-order valence-corrected chi connectivity index (χ1v) is 9.33. The fourth-order valence-corrected chi connectivity index (χ4v) is 3.87. The van der Waals surface area contributed by atoms with Crippen LogP contribution in [0.3, 0.4) is 0 Å². The van der Waals surface area contributed by atoms with Crippen LogP contribution in [-0.2, 0) is 11.3 Å². The number of hydrogen-bond acceptors (Lipinski definition) is 3. The Morgan fingerprint density at radius 3 is 2.59 bits per heavy atom. The van der Waals surface area contributed by atoms with Gasteiger partial charge in [0.2, 0.25) is 11.9 Å². The summed E-state index contributed by atoms with van der Waals surface area (Å²) in [7, 11) is 3.17. The summed E-state index contributed by atoms with van der Waals surface area (Å²) >= 11 is 6.37. The quantitative estimate of drug-likeness (QED) is 0.744. The van der Waals surface area contributed by atoms with Crippen LogP contribution in [0.1, 0.15) is 5.56 Å². The highest BCUT2D eigenvalue weighted by Crippen LogP contribution is 2.27. The molecule has 0 bridgehead atoms. The Bertz CT molecular complexity index is 859. The van der Waals surface area contributed by atoms with Gasteiger partial charge in [0.25, 0.3) is 5.91 Å².